The van der Waals surface area contributed by atoms with Gasteiger partial charge in [-0.3, -0.25) is 15.5 Å². The number of nitrogens with zero attached hydrogens (tertiary/aromatic N) is 2. The highest BCUT2D eigenvalue weighted by Crippen LogP contribution is 2.24. The number of rotatable bonds is 6. The minimum atomic E-state index is -0.446. The van der Waals surface area contributed by atoms with E-state index in [-0.39, 0.29) is 5.69 Å². The summed E-state index contributed by atoms with van der Waals surface area (Å²) in [5.41, 5.74) is 4.26. The van der Waals surface area contributed by atoms with Gasteiger partial charge in [-0.25, -0.2) is 0 Å². The highest BCUT2D eigenvalue weighted by atomic mass is 32.1. The molecule has 8 nitrogen and oxygen atoms in total. The van der Waals surface area contributed by atoms with Gasteiger partial charge in [0.1, 0.15) is 17.3 Å². The summed E-state index contributed by atoms with van der Waals surface area (Å²) in [5.74, 6) is 1.84. The summed E-state index contributed by atoms with van der Waals surface area (Å²) < 4.78 is 10.8. The third-order valence-electron chi connectivity index (χ3n) is 3.70. The summed E-state index contributed by atoms with van der Waals surface area (Å²) >= 11 is 5.17. The zero-order chi connectivity index (χ0) is 19.9. The Balaban J connectivity index is 1.55. The van der Waals surface area contributed by atoms with Crippen molar-refractivity contribution in [3.05, 3.63) is 76.5 Å². The fourth-order valence-electron chi connectivity index (χ4n) is 2.31. The molecule has 2 N–H and O–H groups in total. The molecule has 0 amide bonds. The summed E-state index contributed by atoms with van der Waals surface area (Å²) in [6, 6.07) is 16.9. The van der Waals surface area contributed by atoms with Crippen LogP contribution in [0.25, 0.3) is 11.3 Å². The van der Waals surface area contributed by atoms with Crippen LogP contribution < -0.4 is 15.5 Å². The monoisotopic (exact) mass is 396 g/mol. The number of non-ortho nitro benzene ring substituents is 1. The molecule has 9 heteroatoms. The van der Waals surface area contributed by atoms with E-state index in [2.05, 4.69) is 15.8 Å². The quantitative estimate of drug-likeness (QED) is 0.279. The standard InChI is InChI=1S/C19H16N4O4S/c1-26-16-8-4-14(5-9-16)21-19(28)22-20-12-17-10-11-18(27-17)13-2-6-15(7-3-13)23(24)25/h2-12H,1H3,(H2,21,22,28)/b20-12-. The van der Waals surface area contributed by atoms with Crippen LogP contribution in [0.1, 0.15) is 5.76 Å². The molecule has 0 spiro atoms. The molecule has 1 aromatic heterocycles. The van der Waals surface area contributed by atoms with Gasteiger partial charge >= 0.3 is 0 Å². The van der Waals surface area contributed by atoms with Gasteiger partial charge in [-0.05, 0) is 60.7 Å². The van der Waals surface area contributed by atoms with E-state index in [1.807, 2.05) is 24.3 Å². The van der Waals surface area contributed by atoms with Crippen LogP contribution in [0.4, 0.5) is 11.4 Å². The summed E-state index contributed by atoms with van der Waals surface area (Å²) in [6.07, 6.45) is 1.48. The number of methoxy groups -OCH3 is 1. The molecule has 1 heterocycles. The molecule has 2 aromatic carbocycles. The van der Waals surface area contributed by atoms with Gasteiger partial charge in [-0.2, -0.15) is 5.10 Å². The molecule has 0 saturated carbocycles. The first-order chi connectivity index (χ1) is 13.5. The van der Waals surface area contributed by atoms with Gasteiger partial charge in [-0.15, -0.1) is 0 Å². The van der Waals surface area contributed by atoms with Crippen molar-refractivity contribution in [2.45, 2.75) is 0 Å². The molecule has 0 aliphatic heterocycles. The lowest BCUT2D eigenvalue weighted by Gasteiger charge is -2.07. The Morgan fingerprint density at radius 1 is 1.14 bits per heavy atom. The SMILES string of the molecule is COc1ccc(NC(=S)N/N=C\c2ccc(-c3ccc([N+](=O)[O-])cc3)o2)cc1. The van der Waals surface area contributed by atoms with Crippen LogP contribution in [0.15, 0.2) is 70.2 Å². The molecule has 3 aromatic rings. The summed E-state index contributed by atoms with van der Waals surface area (Å²) in [6.45, 7) is 0. The lowest BCUT2D eigenvalue weighted by atomic mass is 10.1. The molecule has 3 rings (SSSR count). The van der Waals surface area contributed by atoms with Gasteiger partial charge in [-0.1, -0.05) is 0 Å². The van der Waals surface area contributed by atoms with E-state index >= 15 is 0 Å². The number of nitro groups is 1. The molecule has 0 aliphatic rings. The van der Waals surface area contributed by atoms with Gasteiger partial charge < -0.3 is 14.5 Å². The minimum Gasteiger partial charge on any atom is -0.497 e. The molecule has 0 saturated heterocycles. The largest absolute Gasteiger partial charge is 0.497 e. The Bertz CT molecular complexity index is 998. The lowest BCUT2D eigenvalue weighted by molar-refractivity contribution is -0.384. The molecule has 0 unspecified atom stereocenters. The third-order valence-corrected chi connectivity index (χ3v) is 3.89. The van der Waals surface area contributed by atoms with Crippen LogP contribution in [0, 0.1) is 10.1 Å². The van der Waals surface area contributed by atoms with Gasteiger partial charge in [0.2, 0.25) is 0 Å². The van der Waals surface area contributed by atoms with Crippen LogP contribution in [-0.2, 0) is 0 Å². The van der Waals surface area contributed by atoms with Crippen LogP contribution in [-0.4, -0.2) is 23.4 Å². The Labute approximate surface area is 166 Å². The molecular formula is C19H16N4O4S. The first-order valence-corrected chi connectivity index (χ1v) is 8.55. The number of nitro benzene ring substituents is 1. The fraction of sp³-hybridized carbons (Fsp3) is 0.0526. The van der Waals surface area contributed by atoms with Crippen molar-refractivity contribution in [1.82, 2.24) is 5.43 Å². The van der Waals surface area contributed by atoms with E-state index in [0.717, 1.165) is 17.0 Å². The normalized spacial score (nSPS) is 10.6. The van der Waals surface area contributed by atoms with Gasteiger partial charge in [0.25, 0.3) is 5.69 Å². The second-order valence-electron chi connectivity index (χ2n) is 5.56. The van der Waals surface area contributed by atoms with Crippen molar-refractivity contribution in [2.75, 3.05) is 12.4 Å². The molecule has 142 valence electrons. The summed E-state index contributed by atoms with van der Waals surface area (Å²) in [5, 5.41) is 18.0. The maximum Gasteiger partial charge on any atom is 0.269 e. The van der Waals surface area contributed by atoms with Crippen molar-refractivity contribution in [2.24, 2.45) is 5.10 Å². The van der Waals surface area contributed by atoms with E-state index in [9.17, 15) is 10.1 Å². The number of hydrogen-bond donors (Lipinski definition) is 2. The Hall–Kier alpha value is -3.72. The van der Waals surface area contributed by atoms with E-state index in [4.69, 9.17) is 21.4 Å². The van der Waals surface area contributed by atoms with Crippen molar-refractivity contribution >= 4 is 34.9 Å². The van der Waals surface area contributed by atoms with Crippen molar-refractivity contribution < 1.29 is 14.1 Å². The number of nitrogens with one attached hydrogen (secondary N) is 2. The van der Waals surface area contributed by atoms with Crippen molar-refractivity contribution in [1.29, 1.82) is 0 Å². The number of benzene rings is 2. The molecule has 0 fully saturated rings. The summed E-state index contributed by atoms with van der Waals surface area (Å²) in [4.78, 5) is 10.3. The van der Waals surface area contributed by atoms with E-state index in [0.29, 0.717) is 16.6 Å². The predicted molar refractivity (Wildman–Crippen MR) is 111 cm³/mol. The van der Waals surface area contributed by atoms with Crippen LogP contribution in [0.5, 0.6) is 5.75 Å². The topological polar surface area (TPSA) is 102 Å². The van der Waals surface area contributed by atoms with E-state index in [1.165, 1.54) is 18.3 Å². The predicted octanol–water partition coefficient (Wildman–Crippen LogP) is 4.18. The van der Waals surface area contributed by atoms with E-state index in [1.54, 1.807) is 31.4 Å². The molecule has 0 atom stereocenters. The highest BCUT2D eigenvalue weighted by molar-refractivity contribution is 7.80. The zero-order valence-corrected chi connectivity index (χ0v) is 15.6. The third kappa shape index (κ3) is 4.92. The minimum absolute atomic E-state index is 0.0270. The van der Waals surface area contributed by atoms with Crippen LogP contribution in [0.2, 0.25) is 0 Å². The number of furan rings is 1. The average molecular weight is 396 g/mol. The number of hydrazone groups is 1. The Kier molecular flexibility index (Phi) is 5.97. The lowest BCUT2D eigenvalue weighted by Crippen LogP contribution is -2.23. The molecule has 0 aliphatic carbocycles. The maximum absolute atomic E-state index is 10.7. The smallest absolute Gasteiger partial charge is 0.269 e. The number of anilines is 1. The van der Waals surface area contributed by atoms with Gasteiger partial charge in [0.05, 0.1) is 18.2 Å². The van der Waals surface area contributed by atoms with Gasteiger partial charge in [0, 0.05) is 23.4 Å². The molecule has 0 radical (unpaired) electrons. The fourth-order valence-corrected chi connectivity index (χ4v) is 2.48. The molecule has 28 heavy (non-hydrogen) atoms. The second-order valence-corrected chi connectivity index (χ2v) is 5.97. The Morgan fingerprint density at radius 2 is 1.86 bits per heavy atom. The van der Waals surface area contributed by atoms with E-state index < -0.39 is 4.92 Å². The molecule has 0 bridgehead atoms. The van der Waals surface area contributed by atoms with Crippen LogP contribution >= 0.6 is 12.2 Å². The van der Waals surface area contributed by atoms with Crippen LogP contribution in [0.3, 0.4) is 0 Å². The summed E-state index contributed by atoms with van der Waals surface area (Å²) in [7, 11) is 1.60. The zero-order valence-electron chi connectivity index (χ0n) is 14.8. The highest BCUT2D eigenvalue weighted by Gasteiger charge is 2.08. The number of ether oxygens (including phenoxy) is 1. The van der Waals surface area contributed by atoms with Gasteiger partial charge in [0.15, 0.2) is 5.11 Å². The van der Waals surface area contributed by atoms with Crippen molar-refractivity contribution in [3.8, 4) is 17.1 Å². The second kappa shape index (κ2) is 8.78. The Morgan fingerprint density at radius 3 is 2.50 bits per heavy atom. The number of hydrogen-bond acceptors (Lipinski definition) is 6. The maximum atomic E-state index is 10.7. The number of thiocarbonyl (C=S) groups is 1. The van der Waals surface area contributed by atoms with Crippen molar-refractivity contribution in [3.63, 3.8) is 0 Å². The first-order valence-electron chi connectivity index (χ1n) is 8.14. The average Bonchev–Trinajstić information content (AvgIpc) is 3.17. The first kappa shape index (κ1) is 19.1. The molecular weight excluding hydrogens is 380 g/mol.